The maximum Gasteiger partial charge on any atom is 0.120 e. The number of benzene rings is 2. The van der Waals surface area contributed by atoms with Gasteiger partial charge in [0.15, 0.2) is 0 Å². The van der Waals surface area contributed by atoms with Gasteiger partial charge in [0.25, 0.3) is 0 Å². The number of nitrogens with zero attached hydrogens (tertiary/aromatic N) is 2. The highest BCUT2D eigenvalue weighted by molar-refractivity contribution is 6.33. The Hall–Kier alpha value is -1.87. The Morgan fingerprint density at radius 1 is 0.786 bits per heavy atom. The van der Waals surface area contributed by atoms with Crippen molar-refractivity contribution in [3.05, 3.63) is 53.1 Å². The minimum atomic E-state index is 0.559. The minimum Gasteiger partial charge on any atom is -0.494 e. The maximum atomic E-state index is 6.34. The molecule has 0 saturated carbocycles. The molecule has 4 heteroatoms. The fraction of sp³-hybridized carbons (Fsp3) is 0.500. The van der Waals surface area contributed by atoms with Gasteiger partial charge in [0.05, 0.1) is 17.3 Å². The second-order valence-electron chi connectivity index (χ2n) is 7.20. The van der Waals surface area contributed by atoms with Gasteiger partial charge in [-0.2, -0.15) is 5.11 Å². The molecule has 0 unspecified atom stereocenters. The Morgan fingerprint density at radius 2 is 1.50 bits per heavy atom. The summed E-state index contributed by atoms with van der Waals surface area (Å²) in [5, 5.41) is 9.14. The first-order valence-electron chi connectivity index (χ1n) is 10.7. The van der Waals surface area contributed by atoms with Gasteiger partial charge in [0, 0.05) is 6.07 Å². The van der Waals surface area contributed by atoms with Crippen LogP contribution in [0.1, 0.15) is 70.8 Å². The number of hydrogen-bond donors (Lipinski definition) is 0. The monoisotopic (exact) mass is 400 g/mol. The Morgan fingerprint density at radius 3 is 2.21 bits per heavy atom. The average molecular weight is 401 g/mol. The van der Waals surface area contributed by atoms with E-state index in [1.54, 1.807) is 0 Å². The highest BCUT2D eigenvalue weighted by Crippen LogP contribution is 2.30. The first kappa shape index (κ1) is 22.4. The van der Waals surface area contributed by atoms with E-state index >= 15 is 0 Å². The zero-order valence-electron chi connectivity index (χ0n) is 17.3. The van der Waals surface area contributed by atoms with E-state index in [4.69, 9.17) is 16.3 Å². The second-order valence-corrected chi connectivity index (χ2v) is 7.61. The van der Waals surface area contributed by atoms with Gasteiger partial charge in [0.1, 0.15) is 11.4 Å². The van der Waals surface area contributed by atoms with Crippen LogP contribution >= 0.6 is 11.6 Å². The van der Waals surface area contributed by atoms with Gasteiger partial charge in [-0.1, -0.05) is 76.1 Å². The van der Waals surface area contributed by atoms with Crippen molar-refractivity contribution in [1.82, 2.24) is 0 Å². The molecule has 28 heavy (non-hydrogen) atoms. The molecule has 0 aliphatic rings. The number of rotatable bonds is 13. The molecule has 3 nitrogen and oxygen atoms in total. The van der Waals surface area contributed by atoms with Crippen molar-refractivity contribution in [2.45, 2.75) is 71.6 Å². The summed E-state index contributed by atoms with van der Waals surface area (Å²) in [7, 11) is 0. The first-order chi connectivity index (χ1) is 13.7. The van der Waals surface area contributed by atoms with Gasteiger partial charge in [-0.3, -0.25) is 0 Å². The molecule has 0 amide bonds. The Kier molecular flexibility index (Phi) is 10.7. The average Bonchev–Trinajstić information content (AvgIpc) is 2.72. The van der Waals surface area contributed by atoms with Gasteiger partial charge < -0.3 is 4.74 Å². The summed E-state index contributed by atoms with van der Waals surface area (Å²) in [6.07, 6.45) is 11.1. The van der Waals surface area contributed by atoms with E-state index in [1.807, 2.05) is 30.3 Å². The Labute approximate surface area is 175 Å². The number of halogens is 1. The molecule has 2 aromatic rings. The van der Waals surface area contributed by atoms with Crippen LogP contribution in [0.2, 0.25) is 5.02 Å². The van der Waals surface area contributed by atoms with E-state index in [1.165, 1.54) is 50.5 Å². The van der Waals surface area contributed by atoms with E-state index in [0.29, 0.717) is 10.7 Å². The lowest BCUT2D eigenvalue weighted by molar-refractivity contribution is 0.304. The molecule has 0 heterocycles. The lowest BCUT2D eigenvalue weighted by Gasteiger charge is -2.07. The first-order valence-corrected chi connectivity index (χ1v) is 11.0. The van der Waals surface area contributed by atoms with Gasteiger partial charge in [0.2, 0.25) is 0 Å². The van der Waals surface area contributed by atoms with Crippen LogP contribution in [-0.4, -0.2) is 6.61 Å². The van der Waals surface area contributed by atoms with Crippen LogP contribution in [0.15, 0.2) is 52.7 Å². The molecule has 2 rings (SSSR count). The molecule has 0 aromatic heterocycles. The normalized spacial score (nSPS) is 11.2. The predicted octanol–water partition coefficient (Wildman–Crippen LogP) is 8.84. The van der Waals surface area contributed by atoms with Crippen LogP contribution in [-0.2, 0) is 6.42 Å². The van der Waals surface area contributed by atoms with Crippen LogP contribution in [0.3, 0.4) is 0 Å². The zero-order chi connectivity index (χ0) is 20.0. The summed E-state index contributed by atoms with van der Waals surface area (Å²) in [4.78, 5) is 0. The molecule has 0 radical (unpaired) electrons. The van der Waals surface area contributed by atoms with Crippen LogP contribution in [0.4, 0.5) is 11.4 Å². The Bertz CT molecular complexity index is 713. The van der Waals surface area contributed by atoms with E-state index in [0.717, 1.165) is 30.9 Å². The highest BCUT2D eigenvalue weighted by Gasteiger charge is 2.03. The molecule has 0 saturated heterocycles. The molecule has 0 N–H and O–H groups in total. The largest absolute Gasteiger partial charge is 0.494 e. The summed E-state index contributed by atoms with van der Waals surface area (Å²) in [6, 6.07) is 13.8. The van der Waals surface area contributed by atoms with Crippen molar-refractivity contribution in [2.24, 2.45) is 10.2 Å². The quantitative estimate of drug-likeness (QED) is 0.244. The van der Waals surface area contributed by atoms with Gasteiger partial charge in [-0.05, 0) is 49.1 Å². The standard InChI is InChI=1S/C24H33ClN2O/c1-3-5-7-8-9-10-18-28-22-16-17-24(23(25)19-22)27-26-21-14-12-20(13-15-21)11-6-4-2/h12-17,19H,3-11,18H2,1-2H3. The predicted molar refractivity (Wildman–Crippen MR) is 120 cm³/mol. The van der Waals surface area contributed by atoms with Crippen LogP contribution < -0.4 is 4.74 Å². The van der Waals surface area contributed by atoms with E-state index < -0.39 is 0 Å². The third kappa shape index (κ3) is 8.43. The van der Waals surface area contributed by atoms with E-state index in [-0.39, 0.29) is 0 Å². The van der Waals surface area contributed by atoms with Crippen LogP contribution in [0.5, 0.6) is 5.75 Å². The lowest BCUT2D eigenvalue weighted by atomic mass is 10.1. The van der Waals surface area contributed by atoms with Gasteiger partial charge >= 0.3 is 0 Å². The molecule has 0 fully saturated rings. The maximum absolute atomic E-state index is 6.34. The number of aryl methyl sites for hydroxylation is 1. The summed E-state index contributed by atoms with van der Waals surface area (Å²) in [5.74, 6) is 0.790. The number of hydrogen-bond acceptors (Lipinski definition) is 3. The van der Waals surface area contributed by atoms with Crippen molar-refractivity contribution in [1.29, 1.82) is 0 Å². The van der Waals surface area contributed by atoms with Crippen LogP contribution in [0.25, 0.3) is 0 Å². The van der Waals surface area contributed by atoms with Gasteiger partial charge in [-0.15, -0.1) is 5.11 Å². The molecule has 0 spiro atoms. The lowest BCUT2D eigenvalue weighted by Crippen LogP contribution is -1.97. The summed E-state index contributed by atoms with van der Waals surface area (Å²) < 4.78 is 5.80. The molecule has 0 atom stereocenters. The minimum absolute atomic E-state index is 0.559. The molecular formula is C24H33ClN2O. The molecule has 0 bridgehead atoms. The molecule has 0 aliphatic heterocycles. The second kappa shape index (κ2) is 13.3. The smallest absolute Gasteiger partial charge is 0.120 e. The molecule has 0 aliphatic carbocycles. The summed E-state index contributed by atoms with van der Waals surface area (Å²) in [5.41, 5.74) is 2.83. The van der Waals surface area contributed by atoms with E-state index in [2.05, 4.69) is 36.2 Å². The van der Waals surface area contributed by atoms with Gasteiger partial charge in [-0.25, -0.2) is 0 Å². The SMILES string of the molecule is CCCCCCCCOc1ccc(N=Nc2ccc(CCCC)cc2)c(Cl)c1. The van der Waals surface area contributed by atoms with Crippen LogP contribution in [0, 0.1) is 0 Å². The Balaban J connectivity index is 1.80. The summed E-state index contributed by atoms with van der Waals surface area (Å²) >= 11 is 6.34. The molecule has 152 valence electrons. The van der Waals surface area contributed by atoms with Crippen molar-refractivity contribution in [3.8, 4) is 5.75 Å². The third-order valence-electron chi connectivity index (χ3n) is 4.71. The van der Waals surface area contributed by atoms with Crippen molar-refractivity contribution in [2.75, 3.05) is 6.61 Å². The van der Waals surface area contributed by atoms with Crippen molar-refractivity contribution >= 4 is 23.0 Å². The fourth-order valence-electron chi connectivity index (χ4n) is 2.95. The fourth-order valence-corrected chi connectivity index (χ4v) is 3.16. The van der Waals surface area contributed by atoms with Crippen molar-refractivity contribution in [3.63, 3.8) is 0 Å². The molecule has 2 aromatic carbocycles. The molecular weight excluding hydrogens is 368 g/mol. The number of ether oxygens (including phenoxy) is 1. The van der Waals surface area contributed by atoms with Crippen molar-refractivity contribution < 1.29 is 4.74 Å². The topological polar surface area (TPSA) is 34.0 Å². The highest BCUT2D eigenvalue weighted by atomic mass is 35.5. The van der Waals surface area contributed by atoms with E-state index in [9.17, 15) is 0 Å². The zero-order valence-corrected chi connectivity index (χ0v) is 18.0. The third-order valence-corrected chi connectivity index (χ3v) is 5.02. The summed E-state index contributed by atoms with van der Waals surface area (Å²) in [6.45, 7) is 5.17. The number of azo groups is 1. The number of unbranched alkanes of at least 4 members (excludes halogenated alkanes) is 6.